The van der Waals surface area contributed by atoms with Crippen molar-refractivity contribution in [2.24, 2.45) is 5.73 Å². The monoisotopic (exact) mass is 209 g/mol. The van der Waals surface area contributed by atoms with E-state index in [-0.39, 0.29) is 0 Å². The van der Waals surface area contributed by atoms with Crippen molar-refractivity contribution in [1.29, 1.82) is 0 Å². The summed E-state index contributed by atoms with van der Waals surface area (Å²) in [6, 6.07) is 3.30. The summed E-state index contributed by atoms with van der Waals surface area (Å²) in [5, 5.41) is 0. The molecule has 0 spiro atoms. The Balaban J connectivity index is 2.13. The highest BCUT2D eigenvalue weighted by atomic mass is 19.1. The number of alkyl halides is 1. The lowest BCUT2D eigenvalue weighted by molar-refractivity contribution is 0.1000. The first-order chi connectivity index (χ1) is 7.16. The highest BCUT2D eigenvalue weighted by molar-refractivity contribution is 5.92. The number of primary amides is 1. The van der Waals surface area contributed by atoms with Gasteiger partial charge in [-0.2, -0.15) is 0 Å². The number of nitrogens with two attached hydrogens (primary N) is 1. The van der Waals surface area contributed by atoms with Crippen LogP contribution in [-0.4, -0.2) is 30.2 Å². The van der Waals surface area contributed by atoms with E-state index in [1.807, 2.05) is 4.90 Å². The Bertz CT molecular complexity index is 365. The minimum absolute atomic E-state index is 0.370. The second-order valence-electron chi connectivity index (χ2n) is 3.60. The Hall–Kier alpha value is -1.65. The summed E-state index contributed by atoms with van der Waals surface area (Å²) in [7, 11) is 0. The predicted octanol–water partition coefficient (Wildman–Crippen LogP) is 0.729. The van der Waals surface area contributed by atoms with E-state index in [1.54, 1.807) is 12.1 Å². The van der Waals surface area contributed by atoms with Gasteiger partial charge in [0.25, 0.3) is 0 Å². The summed E-state index contributed by atoms with van der Waals surface area (Å²) in [6.07, 6.45) is 1.19. The molecule has 1 amide bonds. The quantitative estimate of drug-likeness (QED) is 0.781. The lowest BCUT2D eigenvalue weighted by atomic mass is 10.2. The number of aromatic nitrogens is 1. The van der Waals surface area contributed by atoms with Crippen LogP contribution < -0.4 is 10.6 Å². The Labute approximate surface area is 86.9 Å². The fourth-order valence-electron chi connectivity index (χ4n) is 1.64. The second kappa shape index (κ2) is 3.84. The van der Waals surface area contributed by atoms with Crippen LogP contribution in [0.5, 0.6) is 0 Å². The van der Waals surface area contributed by atoms with Crippen molar-refractivity contribution in [2.45, 2.75) is 12.6 Å². The van der Waals surface area contributed by atoms with E-state index in [0.717, 1.165) is 0 Å². The summed E-state index contributed by atoms with van der Waals surface area (Å²) in [6.45, 7) is 1.05. The van der Waals surface area contributed by atoms with Gasteiger partial charge in [0.15, 0.2) is 0 Å². The molecule has 0 radical (unpaired) electrons. The smallest absolute Gasteiger partial charge is 0.250 e. The van der Waals surface area contributed by atoms with Crippen LogP contribution in [0.1, 0.15) is 16.8 Å². The fourth-order valence-corrected chi connectivity index (χ4v) is 1.64. The van der Waals surface area contributed by atoms with Gasteiger partial charge in [-0.3, -0.25) is 4.79 Å². The standard InChI is InChI=1S/C10H12FN3O/c11-8-3-4-14(6-8)9-2-1-7(5-13-9)10(12)15/h1-2,5,8H,3-4,6H2,(H2,12,15). The molecule has 2 N–H and O–H groups in total. The van der Waals surface area contributed by atoms with Gasteiger partial charge in [-0.05, 0) is 18.6 Å². The van der Waals surface area contributed by atoms with Gasteiger partial charge in [0.05, 0.1) is 12.1 Å². The molecule has 1 aromatic heterocycles. The van der Waals surface area contributed by atoms with E-state index in [9.17, 15) is 9.18 Å². The van der Waals surface area contributed by atoms with E-state index in [2.05, 4.69) is 4.98 Å². The molecule has 5 heteroatoms. The lowest BCUT2D eigenvalue weighted by Gasteiger charge is -2.15. The zero-order valence-electron chi connectivity index (χ0n) is 8.19. The third-order valence-electron chi connectivity index (χ3n) is 2.49. The maximum absolute atomic E-state index is 12.9. The van der Waals surface area contributed by atoms with Gasteiger partial charge in [0, 0.05) is 12.7 Å². The van der Waals surface area contributed by atoms with Crippen LogP contribution in [0.25, 0.3) is 0 Å². The third-order valence-corrected chi connectivity index (χ3v) is 2.49. The number of halogens is 1. The molecule has 1 saturated heterocycles. The number of nitrogens with zero attached hydrogens (tertiary/aromatic N) is 2. The largest absolute Gasteiger partial charge is 0.366 e. The van der Waals surface area contributed by atoms with Crippen LogP contribution in [0.15, 0.2) is 18.3 Å². The van der Waals surface area contributed by atoms with Crippen LogP contribution in [0.4, 0.5) is 10.2 Å². The minimum Gasteiger partial charge on any atom is -0.366 e. The summed E-state index contributed by atoms with van der Waals surface area (Å²) in [5.74, 6) is 0.194. The molecule has 1 atom stereocenters. The summed E-state index contributed by atoms with van der Waals surface area (Å²) in [4.78, 5) is 16.7. The molecular formula is C10H12FN3O. The van der Waals surface area contributed by atoms with E-state index in [4.69, 9.17) is 5.73 Å². The molecule has 80 valence electrons. The number of carbonyl (C=O) groups is 1. The molecule has 0 aromatic carbocycles. The molecule has 1 aromatic rings. The maximum atomic E-state index is 12.9. The van der Waals surface area contributed by atoms with Gasteiger partial charge >= 0.3 is 0 Å². The van der Waals surface area contributed by atoms with Crippen molar-refractivity contribution in [1.82, 2.24) is 4.98 Å². The van der Waals surface area contributed by atoms with Crippen LogP contribution >= 0.6 is 0 Å². The van der Waals surface area contributed by atoms with Crippen molar-refractivity contribution in [3.8, 4) is 0 Å². The molecular weight excluding hydrogens is 197 g/mol. The van der Waals surface area contributed by atoms with E-state index >= 15 is 0 Å². The van der Waals surface area contributed by atoms with Gasteiger partial charge in [-0.25, -0.2) is 9.37 Å². The van der Waals surface area contributed by atoms with Crippen LogP contribution in [0.3, 0.4) is 0 Å². The molecule has 15 heavy (non-hydrogen) atoms. The molecule has 1 unspecified atom stereocenters. The average Bonchev–Trinajstić information content (AvgIpc) is 2.65. The molecule has 1 aliphatic heterocycles. The molecule has 1 aliphatic rings. The normalized spacial score (nSPS) is 20.6. The highest BCUT2D eigenvalue weighted by Gasteiger charge is 2.22. The minimum atomic E-state index is -0.775. The number of amides is 1. The Morgan fingerprint density at radius 3 is 2.87 bits per heavy atom. The molecule has 4 nitrogen and oxygen atoms in total. The number of hydrogen-bond donors (Lipinski definition) is 1. The summed E-state index contributed by atoms with van der Waals surface area (Å²) < 4.78 is 12.9. The lowest BCUT2D eigenvalue weighted by Crippen LogP contribution is -2.21. The summed E-state index contributed by atoms with van der Waals surface area (Å²) >= 11 is 0. The molecule has 0 bridgehead atoms. The number of hydrogen-bond acceptors (Lipinski definition) is 3. The zero-order chi connectivity index (χ0) is 10.8. The number of pyridine rings is 1. The maximum Gasteiger partial charge on any atom is 0.250 e. The van der Waals surface area contributed by atoms with Gasteiger partial charge in [0.1, 0.15) is 12.0 Å². The van der Waals surface area contributed by atoms with Crippen molar-refractivity contribution in [2.75, 3.05) is 18.0 Å². The summed E-state index contributed by atoms with van der Waals surface area (Å²) in [5.41, 5.74) is 5.46. The van der Waals surface area contributed by atoms with Gasteiger partial charge < -0.3 is 10.6 Å². The van der Waals surface area contributed by atoms with Crippen LogP contribution in [-0.2, 0) is 0 Å². The molecule has 0 saturated carbocycles. The van der Waals surface area contributed by atoms with Gasteiger partial charge in [-0.1, -0.05) is 0 Å². The van der Waals surface area contributed by atoms with Crippen molar-refractivity contribution in [3.05, 3.63) is 23.9 Å². The number of rotatable bonds is 2. The highest BCUT2D eigenvalue weighted by Crippen LogP contribution is 2.19. The second-order valence-corrected chi connectivity index (χ2v) is 3.60. The van der Waals surface area contributed by atoms with Gasteiger partial charge in [-0.15, -0.1) is 0 Å². The van der Waals surface area contributed by atoms with Crippen molar-refractivity contribution in [3.63, 3.8) is 0 Å². The third kappa shape index (κ3) is 2.06. The van der Waals surface area contributed by atoms with Crippen LogP contribution in [0.2, 0.25) is 0 Å². The van der Waals surface area contributed by atoms with E-state index in [1.165, 1.54) is 6.20 Å². The van der Waals surface area contributed by atoms with Crippen molar-refractivity contribution < 1.29 is 9.18 Å². The molecule has 2 heterocycles. The first kappa shape index (κ1) is 9.89. The Morgan fingerprint density at radius 2 is 2.40 bits per heavy atom. The fraction of sp³-hybridized carbons (Fsp3) is 0.400. The van der Waals surface area contributed by atoms with E-state index < -0.39 is 12.1 Å². The zero-order valence-corrected chi connectivity index (χ0v) is 8.19. The first-order valence-electron chi connectivity index (χ1n) is 4.81. The number of anilines is 1. The van der Waals surface area contributed by atoms with Gasteiger partial charge in [0.2, 0.25) is 5.91 Å². The van der Waals surface area contributed by atoms with E-state index in [0.29, 0.717) is 30.9 Å². The molecule has 2 rings (SSSR count). The van der Waals surface area contributed by atoms with Crippen molar-refractivity contribution >= 4 is 11.7 Å². The molecule has 0 aliphatic carbocycles. The Kier molecular flexibility index (Phi) is 2.53. The topological polar surface area (TPSA) is 59.2 Å². The predicted molar refractivity (Wildman–Crippen MR) is 54.5 cm³/mol. The van der Waals surface area contributed by atoms with Crippen LogP contribution in [0, 0.1) is 0 Å². The molecule has 1 fully saturated rings. The number of carbonyl (C=O) groups excluding carboxylic acids is 1. The Morgan fingerprint density at radius 1 is 1.60 bits per heavy atom. The first-order valence-corrected chi connectivity index (χ1v) is 4.81. The SMILES string of the molecule is NC(=O)c1ccc(N2CCC(F)C2)nc1. The average molecular weight is 209 g/mol.